The molecule has 1 heterocycles. The zero-order valence-corrected chi connectivity index (χ0v) is 11.4. The first kappa shape index (κ1) is 12.9. The third kappa shape index (κ3) is 2.48. The molecule has 0 bridgehead atoms. The van der Waals surface area contributed by atoms with E-state index in [-0.39, 0.29) is 18.2 Å². The Kier molecular flexibility index (Phi) is 3.57. The Balaban J connectivity index is 2.21. The van der Waals surface area contributed by atoms with E-state index in [1.165, 1.54) is 5.56 Å². The van der Waals surface area contributed by atoms with Crippen LogP contribution < -0.4 is 0 Å². The topological polar surface area (TPSA) is 32.8 Å². The molecule has 0 radical (unpaired) electrons. The minimum Gasteiger partial charge on any atom is -0.439 e. The number of hydrogen-bond acceptors (Lipinski definition) is 3. The lowest BCUT2D eigenvalue weighted by Gasteiger charge is -2.18. The summed E-state index contributed by atoms with van der Waals surface area (Å²) in [7, 11) is 5.86. The fraction of sp³-hybridized carbons (Fsp3) is 0.500. The van der Waals surface area contributed by atoms with Crippen LogP contribution in [0.1, 0.15) is 24.2 Å². The minimum atomic E-state index is -0.245. The maximum atomic E-state index is 11.5. The van der Waals surface area contributed by atoms with Gasteiger partial charge in [-0.05, 0) is 32.1 Å². The van der Waals surface area contributed by atoms with Gasteiger partial charge in [0.25, 0.3) is 0 Å². The number of amides is 1. The zero-order valence-electron chi connectivity index (χ0n) is 11.4. The third-order valence-electron chi connectivity index (χ3n) is 3.34. The second-order valence-corrected chi connectivity index (χ2v) is 5.14. The number of benzene rings is 1. The van der Waals surface area contributed by atoms with E-state index in [0.717, 1.165) is 12.1 Å². The van der Waals surface area contributed by atoms with E-state index in [2.05, 4.69) is 17.0 Å². The molecule has 98 valence electrons. The third-order valence-corrected chi connectivity index (χ3v) is 3.34. The molecule has 4 heteroatoms. The number of rotatable bonds is 3. The van der Waals surface area contributed by atoms with Gasteiger partial charge in [0.2, 0.25) is 0 Å². The summed E-state index contributed by atoms with van der Waals surface area (Å²) in [5.41, 5.74) is 2.30. The molecule has 18 heavy (non-hydrogen) atoms. The first-order chi connectivity index (χ1) is 8.49. The summed E-state index contributed by atoms with van der Waals surface area (Å²) in [4.78, 5) is 15.3. The van der Waals surface area contributed by atoms with Gasteiger partial charge in [-0.2, -0.15) is 0 Å². The van der Waals surface area contributed by atoms with Crippen molar-refractivity contribution in [3.05, 3.63) is 35.4 Å². The Morgan fingerprint density at radius 1 is 1.39 bits per heavy atom. The van der Waals surface area contributed by atoms with Crippen molar-refractivity contribution in [1.29, 1.82) is 0 Å². The highest BCUT2D eigenvalue weighted by Gasteiger charge is 2.37. The molecule has 0 spiro atoms. The molecule has 1 saturated heterocycles. The van der Waals surface area contributed by atoms with E-state index in [0.29, 0.717) is 0 Å². The zero-order chi connectivity index (χ0) is 13.3. The van der Waals surface area contributed by atoms with Crippen molar-refractivity contribution in [2.24, 2.45) is 0 Å². The molecule has 2 atom stereocenters. The smallest absolute Gasteiger partial charge is 0.410 e. The van der Waals surface area contributed by atoms with Crippen LogP contribution in [0, 0.1) is 0 Å². The highest BCUT2D eigenvalue weighted by atomic mass is 16.6. The Morgan fingerprint density at radius 3 is 2.67 bits per heavy atom. The van der Waals surface area contributed by atoms with Gasteiger partial charge in [0.15, 0.2) is 0 Å². The molecule has 2 rings (SSSR count). The number of ether oxygens (including phenoxy) is 1. The van der Waals surface area contributed by atoms with Crippen LogP contribution in [0.3, 0.4) is 0 Å². The quantitative estimate of drug-likeness (QED) is 0.822. The fourth-order valence-corrected chi connectivity index (χ4v) is 2.24. The highest BCUT2D eigenvalue weighted by molar-refractivity contribution is 5.70. The Labute approximate surface area is 108 Å². The Hall–Kier alpha value is -1.55. The lowest BCUT2D eigenvalue weighted by Crippen LogP contribution is -2.27. The van der Waals surface area contributed by atoms with Crippen LogP contribution in [0.25, 0.3) is 0 Å². The molecular formula is C14H20N2O2. The summed E-state index contributed by atoms with van der Waals surface area (Å²) in [6, 6.07) is 8.33. The summed E-state index contributed by atoms with van der Waals surface area (Å²) in [6.45, 7) is 2.90. The van der Waals surface area contributed by atoms with Gasteiger partial charge in [-0.15, -0.1) is 0 Å². The molecule has 1 fully saturated rings. The van der Waals surface area contributed by atoms with Gasteiger partial charge < -0.3 is 14.5 Å². The van der Waals surface area contributed by atoms with Crippen molar-refractivity contribution < 1.29 is 9.53 Å². The van der Waals surface area contributed by atoms with Crippen molar-refractivity contribution >= 4 is 6.09 Å². The molecule has 1 aromatic rings. The van der Waals surface area contributed by atoms with Gasteiger partial charge in [0.05, 0.1) is 6.04 Å². The van der Waals surface area contributed by atoms with Crippen molar-refractivity contribution in [2.75, 3.05) is 21.1 Å². The monoisotopic (exact) mass is 248 g/mol. The average Bonchev–Trinajstić information content (AvgIpc) is 2.56. The summed E-state index contributed by atoms with van der Waals surface area (Å²) in [6.07, 6.45) is -0.407. The maximum Gasteiger partial charge on any atom is 0.410 e. The van der Waals surface area contributed by atoms with Gasteiger partial charge in [-0.3, -0.25) is 0 Å². The molecule has 0 aromatic heterocycles. The van der Waals surface area contributed by atoms with Crippen LogP contribution in [0.2, 0.25) is 0 Å². The Morgan fingerprint density at radius 2 is 2.11 bits per heavy atom. The van der Waals surface area contributed by atoms with E-state index < -0.39 is 0 Å². The average molecular weight is 248 g/mol. The van der Waals surface area contributed by atoms with Crippen molar-refractivity contribution in [2.45, 2.75) is 25.6 Å². The summed E-state index contributed by atoms with van der Waals surface area (Å²) in [5, 5.41) is 0. The van der Waals surface area contributed by atoms with E-state index in [1.807, 2.05) is 33.2 Å². The van der Waals surface area contributed by atoms with Crippen LogP contribution in [-0.4, -0.2) is 43.1 Å². The molecule has 1 amide bonds. The lowest BCUT2D eigenvalue weighted by molar-refractivity contribution is 0.131. The molecule has 0 N–H and O–H groups in total. The second-order valence-electron chi connectivity index (χ2n) is 5.14. The first-order valence-corrected chi connectivity index (χ1v) is 6.16. The van der Waals surface area contributed by atoms with Gasteiger partial charge in [0.1, 0.15) is 6.10 Å². The summed E-state index contributed by atoms with van der Waals surface area (Å²) >= 11 is 0. The predicted octanol–water partition coefficient (Wildman–Crippen LogP) is 2.26. The largest absolute Gasteiger partial charge is 0.439 e. The number of hydrogen-bond donors (Lipinski definition) is 0. The van der Waals surface area contributed by atoms with Crippen LogP contribution in [0.15, 0.2) is 24.3 Å². The summed E-state index contributed by atoms with van der Waals surface area (Å²) in [5.74, 6) is 0. The SMILES string of the molecule is C[C@H]1[C@@H](c2cccc(CN(C)C)c2)OC(=O)N1C. The standard InChI is InChI=1S/C14H20N2O2/c1-10-13(18-14(17)16(10)4)12-7-5-6-11(8-12)9-15(2)3/h5-8,10,13H,9H2,1-4H3/t10-,13-/m0/s1. The van der Waals surface area contributed by atoms with Gasteiger partial charge in [0, 0.05) is 13.6 Å². The van der Waals surface area contributed by atoms with Crippen molar-refractivity contribution in [3.63, 3.8) is 0 Å². The van der Waals surface area contributed by atoms with Crippen molar-refractivity contribution in [3.8, 4) is 0 Å². The molecule has 4 nitrogen and oxygen atoms in total. The Bertz CT molecular complexity index is 445. The number of cyclic esters (lactones) is 1. The molecule has 1 aliphatic heterocycles. The van der Waals surface area contributed by atoms with Crippen LogP contribution >= 0.6 is 0 Å². The molecule has 0 unspecified atom stereocenters. The van der Waals surface area contributed by atoms with Gasteiger partial charge in [-0.1, -0.05) is 24.3 Å². The minimum absolute atomic E-state index is 0.0760. The number of nitrogens with zero attached hydrogens (tertiary/aromatic N) is 2. The molecular weight excluding hydrogens is 228 g/mol. The maximum absolute atomic E-state index is 11.5. The van der Waals surface area contributed by atoms with Crippen LogP contribution in [-0.2, 0) is 11.3 Å². The number of carbonyl (C=O) groups is 1. The van der Waals surface area contributed by atoms with Gasteiger partial charge in [-0.25, -0.2) is 4.79 Å². The fourth-order valence-electron chi connectivity index (χ4n) is 2.24. The molecule has 0 aliphatic carbocycles. The molecule has 0 saturated carbocycles. The first-order valence-electron chi connectivity index (χ1n) is 6.16. The molecule has 1 aromatic carbocycles. The normalized spacial score (nSPS) is 23.6. The predicted molar refractivity (Wildman–Crippen MR) is 70.3 cm³/mol. The van der Waals surface area contributed by atoms with Crippen LogP contribution in [0.5, 0.6) is 0 Å². The lowest BCUT2D eigenvalue weighted by atomic mass is 10.0. The van der Waals surface area contributed by atoms with Crippen molar-refractivity contribution in [1.82, 2.24) is 9.80 Å². The van der Waals surface area contributed by atoms with E-state index in [9.17, 15) is 4.79 Å². The number of likely N-dealkylation sites (N-methyl/N-ethyl adjacent to an activating group) is 1. The van der Waals surface area contributed by atoms with E-state index >= 15 is 0 Å². The number of carbonyl (C=O) groups excluding carboxylic acids is 1. The van der Waals surface area contributed by atoms with Gasteiger partial charge >= 0.3 is 6.09 Å². The summed E-state index contributed by atoms with van der Waals surface area (Å²) < 4.78 is 5.41. The second kappa shape index (κ2) is 4.98. The molecule has 1 aliphatic rings. The van der Waals surface area contributed by atoms with E-state index in [1.54, 1.807) is 11.9 Å². The highest BCUT2D eigenvalue weighted by Crippen LogP contribution is 2.31. The van der Waals surface area contributed by atoms with E-state index in [4.69, 9.17) is 4.74 Å². The van der Waals surface area contributed by atoms with Crippen LogP contribution in [0.4, 0.5) is 4.79 Å².